The zero-order valence-corrected chi connectivity index (χ0v) is 14.9. The highest BCUT2D eigenvalue weighted by atomic mass is 16.2. The third kappa shape index (κ3) is 3.32. The van der Waals surface area contributed by atoms with Crippen LogP contribution in [0.5, 0.6) is 0 Å². The van der Waals surface area contributed by atoms with Crippen molar-refractivity contribution in [2.24, 2.45) is 12.5 Å². The fraction of sp³-hybridized carbons (Fsp3) is 0.556. The largest absolute Gasteiger partial charge is 0.342 e. The molecule has 0 aromatic carbocycles. The summed E-state index contributed by atoms with van der Waals surface area (Å²) in [5.41, 5.74) is 2.47. The normalized spacial score (nSPS) is 18.7. The fourth-order valence-corrected chi connectivity index (χ4v) is 3.27. The van der Waals surface area contributed by atoms with E-state index in [0.29, 0.717) is 6.54 Å². The van der Waals surface area contributed by atoms with Gasteiger partial charge in [-0.15, -0.1) is 0 Å². The van der Waals surface area contributed by atoms with Crippen molar-refractivity contribution in [1.29, 1.82) is 0 Å². The van der Waals surface area contributed by atoms with Gasteiger partial charge >= 0.3 is 0 Å². The van der Waals surface area contributed by atoms with Crippen molar-refractivity contribution in [3.05, 3.63) is 30.5 Å². The van der Waals surface area contributed by atoms with Crippen molar-refractivity contribution in [1.82, 2.24) is 24.6 Å². The summed E-state index contributed by atoms with van der Waals surface area (Å²) in [5.74, 6) is 0.424. The minimum atomic E-state index is -0.351. The molecular weight excluding hydrogens is 302 g/mol. The second-order valence-corrected chi connectivity index (χ2v) is 7.53. The van der Waals surface area contributed by atoms with Crippen LogP contribution in [-0.2, 0) is 11.8 Å². The van der Waals surface area contributed by atoms with Crippen molar-refractivity contribution in [2.45, 2.75) is 39.5 Å². The van der Waals surface area contributed by atoms with E-state index in [9.17, 15) is 4.79 Å². The van der Waals surface area contributed by atoms with Crippen LogP contribution in [0.4, 0.5) is 0 Å². The second-order valence-electron chi connectivity index (χ2n) is 7.53. The SMILES string of the molecule is Cn1cc(-c2nccnc2[C@@H]2CCCN(C(=O)C(C)(C)C)C2)cn1. The Morgan fingerprint density at radius 3 is 2.67 bits per heavy atom. The number of carbonyl (C=O) groups excluding carboxylic acids is 1. The molecule has 2 aromatic rings. The van der Waals surface area contributed by atoms with E-state index >= 15 is 0 Å². The first kappa shape index (κ1) is 16.6. The standard InChI is InChI=1S/C18H25N5O/c1-18(2,3)17(24)23-9-5-6-13(12-23)15-16(20-8-7-19-15)14-10-21-22(4)11-14/h7-8,10-11,13H,5-6,9,12H2,1-4H3/t13-/m1/s1. The zero-order valence-electron chi connectivity index (χ0n) is 14.9. The highest BCUT2D eigenvalue weighted by Crippen LogP contribution is 2.33. The van der Waals surface area contributed by atoms with Gasteiger partial charge < -0.3 is 4.90 Å². The van der Waals surface area contributed by atoms with Gasteiger partial charge in [-0.05, 0) is 12.8 Å². The number of nitrogens with zero attached hydrogens (tertiary/aromatic N) is 5. The van der Waals surface area contributed by atoms with E-state index in [-0.39, 0.29) is 17.2 Å². The minimum Gasteiger partial charge on any atom is -0.342 e. The summed E-state index contributed by atoms with van der Waals surface area (Å²) in [7, 11) is 1.89. The molecule has 6 heteroatoms. The molecule has 1 aliphatic rings. The molecule has 0 radical (unpaired) electrons. The van der Waals surface area contributed by atoms with E-state index in [1.54, 1.807) is 17.1 Å². The summed E-state index contributed by atoms with van der Waals surface area (Å²) in [6.45, 7) is 7.46. The Hall–Kier alpha value is -2.24. The number of piperidine rings is 1. The highest BCUT2D eigenvalue weighted by Gasteiger charge is 2.33. The van der Waals surface area contributed by atoms with E-state index in [2.05, 4.69) is 15.1 Å². The Labute approximate surface area is 142 Å². The number of hydrogen-bond donors (Lipinski definition) is 0. The lowest BCUT2D eigenvalue weighted by molar-refractivity contribution is -0.140. The quantitative estimate of drug-likeness (QED) is 0.850. The van der Waals surface area contributed by atoms with Crippen LogP contribution in [0.25, 0.3) is 11.3 Å². The molecule has 0 unspecified atom stereocenters. The van der Waals surface area contributed by atoms with Crippen molar-refractivity contribution < 1.29 is 4.79 Å². The predicted molar refractivity (Wildman–Crippen MR) is 92.2 cm³/mol. The highest BCUT2D eigenvalue weighted by molar-refractivity contribution is 5.81. The van der Waals surface area contributed by atoms with E-state index in [0.717, 1.165) is 36.3 Å². The third-order valence-electron chi connectivity index (χ3n) is 4.44. The molecule has 1 aliphatic heterocycles. The zero-order chi connectivity index (χ0) is 17.3. The van der Waals surface area contributed by atoms with Crippen LogP contribution in [0.1, 0.15) is 45.2 Å². The van der Waals surface area contributed by atoms with Gasteiger partial charge in [0.15, 0.2) is 0 Å². The van der Waals surface area contributed by atoms with Crippen LogP contribution in [0.2, 0.25) is 0 Å². The number of carbonyl (C=O) groups is 1. The molecule has 24 heavy (non-hydrogen) atoms. The van der Waals surface area contributed by atoms with Gasteiger partial charge in [-0.2, -0.15) is 5.10 Å². The van der Waals surface area contributed by atoms with Gasteiger partial charge in [-0.3, -0.25) is 19.4 Å². The molecule has 1 amide bonds. The maximum Gasteiger partial charge on any atom is 0.227 e. The number of amides is 1. The molecule has 0 bridgehead atoms. The molecular formula is C18H25N5O. The molecule has 0 saturated carbocycles. The van der Waals surface area contributed by atoms with E-state index < -0.39 is 0 Å². The summed E-state index contributed by atoms with van der Waals surface area (Å²) < 4.78 is 1.77. The average molecular weight is 327 g/mol. The number of aromatic nitrogens is 4. The van der Waals surface area contributed by atoms with Gasteiger partial charge in [0.1, 0.15) is 0 Å². The Morgan fingerprint density at radius 1 is 1.25 bits per heavy atom. The lowest BCUT2D eigenvalue weighted by atomic mass is 9.88. The first-order valence-electron chi connectivity index (χ1n) is 8.45. The first-order chi connectivity index (χ1) is 11.4. The maximum atomic E-state index is 12.6. The molecule has 2 aromatic heterocycles. The molecule has 1 atom stereocenters. The van der Waals surface area contributed by atoms with Crippen molar-refractivity contribution >= 4 is 5.91 Å². The summed E-state index contributed by atoms with van der Waals surface area (Å²) in [4.78, 5) is 23.8. The molecule has 0 N–H and O–H groups in total. The van der Waals surface area contributed by atoms with Gasteiger partial charge in [0.05, 0.1) is 17.6 Å². The van der Waals surface area contributed by atoms with E-state index in [1.165, 1.54) is 0 Å². The summed E-state index contributed by atoms with van der Waals surface area (Å²) in [6, 6.07) is 0. The Balaban J connectivity index is 1.88. The molecule has 3 rings (SSSR count). The molecule has 0 spiro atoms. The lowest BCUT2D eigenvalue weighted by Gasteiger charge is -2.36. The topological polar surface area (TPSA) is 63.9 Å². The molecule has 3 heterocycles. The Kier molecular flexibility index (Phi) is 4.39. The lowest BCUT2D eigenvalue weighted by Crippen LogP contribution is -2.44. The summed E-state index contributed by atoms with van der Waals surface area (Å²) in [5, 5.41) is 4.24. The fourth-order valence-electron chi connectivity index (χ4n) is 3.27. The van der Waals surface area contributed by atoms with E-state index in [4.69, 9.17) is 0 Å². The second kappa shape index (κ2) is 6.34. The van der Waals surface area contributed by atoms with Crippen LogP contribution >= 0.6 is 0 Å². The van der Waals surface area contributed by atoms with Crippen LogP contribution in [-0.4, -0.2) is 43.6 Å². The van der Waals surface area contributed by atoms with Gasteiger partial charge in [0, 0.05) is 55.6 Å². The van der Waals surface area contributed by atoms with Gasteiger partial charge in [0.2, 0.25) is 5.91 Å². The first-order valence-corrected chi connectivity index (χ1v) is 8.45. The van der Waals surface area contributed by atoms with Crippen LogP contribution in [0, 0.1) is 5.41 Å². The number of likely N-dealkylation sites (tertiary alicyclic amines) is 1. The molecule has 1 saturated heterocycles. The van der Waals surface area contributed by atoms with E-state index in [1.807, 2.05) is 45.1 Å². The van der Waals surface area contributed by atoms with Gasteiger partial charge in [0.25, 0.3) is 0 Å². The molecule has 6 nitrogen and oxygen atoms in total. The summed E-state index contributed by atoms with van der Waals surface area (Å²) >= 11 is 0. The monoisotopic (exact) mass is 327 g/mol. The molecule has 0 aliphatic carbocycles. The van der Waals surface area contributed by atoms with Crippen LogP contribution in [0.15, 0.2) is 24.8 Å². The summed E-state index contributed by atoms with van der Waals surface area (Å²) in [6.07, 6.45) is 9.24. The van der Waals surface area contributed by atoms with Crippen molar-refractivity contribution in [3.8, 4) is 11.3 Å². The number of hydrogen-bond acceptors (Lipinski definition) is 4. The van der Waals surface area contributed by atoms with Gasteiger partial charge in [-0.1, -0.05) is 20.8 Å². The van der Waals surface area contributed by atoms with Crippen molar-refractivity contribution in [2.75, 3.05) is 13.1 Å². The minimum absolute atomic E-state index is 0.207. The maximum absolute atomic E-state index is 12.6. The number of rotatable bonds is 2. The average Bonchev–Trinajstić information content (AvgIpc) is 3.00. The smallest absolute Gasteiger partial charge is 0.227 e. The van der Waals surface area contributed by atoms with Crippen LogP contribution < -0.4 is 0 Å². The predicted octanol–water partition coefficient (Wildman–Crippen LogP) is 2.63. The Morgan fingerprint density at radius 2 is 2.00 bits per heavy atom. The number of aryl methyl sites for hydroxylation is 1. The van der Waals surface area contributed by atoms with Gasteiger partial charge in [-0.25, -0.2) is 0 Å². The molecule has 128 valence electrons. The third-order valence-corrected chi connectivity index (χ3v) is 4.44. The Bertz CT molecular complexity index is 731. The van der Waals surface area contributed by atoms with Crippen LogP contribution in [0.3, 0.4) is 0 Å². The molecule has 1 fully saturated rings. The van der Waals surface area contributed by atoms with Crippen molar-refractivity contribution in [3.63, 3.8) is 0 Å².